The predicted octanol–water partition coefficient (Wildman–Crippen LogP) is 4.35. The third-order valence-electron chi connectivity index (χ3n) is 3.97. The molecule has 0 saturated carbocycles. The van der Waals surface area contributed by atoms with Gasteiger partial charge in [0.25, 0.3) is 0 Å². The van der Waals surface area contributed by atoms with Gasteiger partial charge in [-0.3, -0.25) is 9.59 Å². The van der Waals surface area contributed by atoms with Crippen LogP contribution in [-0.2, 0) is 9.59 Å². The Morgan fingerprint density at radius 2 is 1.85 bits per heavy atom. The predicted molar refractivity (Wildman–Crippen MR) is 104 cm³/mol. The molecule has 26 heavy (non-hydrogen) atoms. The Balaban J connectivity index is 1.53. The Morgan fingerprint density at radius 3 is 2.62 bits per heavy atom. The summed E-state index contributed by atoms with van der Waals surface area (Å²) in [7, 11) is 0. The number of rotatable bonds is 5. The lowest BCUT2D eigenvalue weighted by Crippen LogP contribution is -2.25. The van der Waals surface area contributed by atoms with E-state index in [1.165, 1.54) is 5.01 Å². The summed E-state index contributed by atoms with van der Waals surface area (Å²) < 4.78 is 0. The van der Waals surface area contributed by atoms with Crippen molar-refractivity contribution in [2.24, 2.45) is 5.10 Å². The summed E-state index contributed by atoms with van der Waals surface area (Å²) >= 11 is 11.9. The van der Waals surface area contributed by atoms with Gasteiger partial charge in [0.05, 0.1) is 23.0 Å². The van der Waals surface area contributed by atoms with E-state index >= 15 is 0 Å². The van der Waals surface area contributed by atoms with Crippen molar-refractivity contribution in [3.8, 4) is 0 Å². The Morgan fingerprint density at radius 1 is 1.08 bits per heavy atom. The van der Waals surface area contributed by atoms with Gasteiger partial charge in [-0.1, -0.05) is 53.5 Å². The van der Waals surface area contributed by atoms with Crippen molar-refractivity contribution in [1.29, 1.82) is 0 Å². The Labute approximate surface area is 161 Å². The molecule has 1 aliphatic heterocycles. The van der Waals surface area contributed by atoms with E-state index in [0.717, 1.165) is 11.3 Å². The summed E-state index contributed by atoms with van der Waals surface area (Å²) in [6.07, 6.45) is 0.837. The van der Waals surface area contributed by atoms with E-state index in [-0.39, 0.29) is 24.7 Å². The highest BCUT2D eigenvalue weighted by Gasteiger charge is 2.22. The lowest BCUT2D eigenvalue weighted by molar-refractivity contribution is -0.132. The molecule has 7 heteroatoms. The highest BCUT2D eigenvalue weighted by molar-refractivity contribution is 6.35. The zero-order chi connectivity index (χ0) is 18.5. The normalized spacial score (nSPS) is 13.5. The first-order chi connectivity index (χ1) is 12.5. The average molecular weight is 390 g/mol. The molecule has 0 aromatic heterocycles. The molecule has 5 nitrogen and oxygen atoms in total. The second kappa shape index (κ2) is 8.34. The monoisotopic (exact) mass is 389 g/mol. The molecule has 134 valence electrons. The van der Waals surface area contributed by atoms with E-state index < -0.39 is 0 Å². The van der Waals surface area contributed by atoms with Crippen molar-refractivity contribution in [1.82, 2.24) is 5.01 Å². The topological polar surface area (TPSA) is 61.8 Å². The van der Waals surface area contributed by atoms with E-state index in [4.69, 9.17) is 23.2 Å². The standard InChI is InChI=1S/C19H17Cl2N3O2/c20-14-6-7-15(21)17(12-14)22-18(25)8-9-19(26)24-11-10-16(23-24)13-4-2-1-3-5-13/h1-7,12H,8-11H2,(H,22,25). The van der Waals surface area contributed by atoms with Crippen LogP contribution in [0.25, 0.3) is 0 Å². The number of hydrazone groups is 1. The van der Waals surface area contributed by atoms with Crippen LogP contribution in [0.5, 0.6) is 0 Å². The maximum atomic E-state index is 12.3. The SMILES string of the molecule is O=C(CCC(=O)N1CCC(c2ccccc2)=N1)Nc1cc(Cl)ccc1Cl. The zero-order valence-electron chi connectivity index (χ0n) is 13.9. The minimum Gasteiger partial charge on any atom is -0.325 e. The third-order valence-corrected chi connectivity index (χ3v) is 4.53. The summed E-state index contributed by atoms with van der Waals surface area (Å²) in [5.74, 6) is -0.475. The fraction of sp³-hybridized carbons (Fsp3) is 0.211. The number of benzene rings is 2. The van der Waals surface area contributed by atoms with Gasteiger partial charge in [0.2, 0.25) is 11.8 Å². The number of halogens is 2. The molecule has 1 aliphatic rings. The molecule has 0 atom stereocenters. The number of amides is 2. The van der Waals surface area contributed by atoms with Crippen molar-refractivity contribution in [3.05, 3.63) is 64.1 Å². The van der Waals surface area contributed by atoms with Crippen LogP contribution in [0, 0.1) is 0 Å². The average Bonchev–Trinajstić information content (AvgIpc) is 3.14. The first-order valence-corrected chi connectivity index (χ1v) is 8.96. The quantitative estimate of drug-likeness (QED) is 0.825. The van der Waals surface area contributed by atoms with Crippen molar-refractivity contribution in [3.63, 3.8) is 0 Å². The Bertz CT molecular complexity index is 853. The summed E-state index contributed by atoms with van der Waals surface area (Å²) in [4.78, 5) is 24.4. The molecule has 0 radical (unpaired) electrons. The fourth-order valence-electron chi connectivity index (χ4n) is 2.63. The number of hydrogen-bond acceptors (Lipinski definition) is 3. The molecule has 1 N–H and O–H groups in total. The first kappa shape index (κ1) is 18.4. The molecule has 0 saturated heterocycles. The van der Waals surface area contributed by atoms with Crippen LogP contribution in [-0.4, -0.2) is 29.1 Å². The fourth-order valence-corrected chi connectivity index (χ4v) is 2.96. The number of carbonyl (C=O) groups is 2. The highest BCUT2D eigenvalue weighted by Crippen LogP contribution is 2.25. The van der Waals surface area contributed by atoms with Crippen LogP contribution in [0.1, 0.15) is 24.8 Å². The van der Waals surface area contributed by atoms with Crippen molar-refractivity contribution >= 4 is 46.4 Å². The number of anilines is 1. The molecule has 0 aliphatic carbocycles. The molecular weight excluding hydrogens is 373 g/mol. The number of nitrogens with one attached hydrogen (secondary N) is 1. The van der Waals surface area contributed by atoms with Crippen LogP contribution in [0.3, 0.4) is 0 Å². The minimum atomic E-state index is -0.297. The van der Waals surface area contributed by atoms with Crippen molar-refractivity contribution in [2.45, 2.75) is 19.3 Å². The molecule has 0 spiro atoms. The van der Waals surface area contributed by atoms with Gasteiger partial charge in [-0.15, -0.1) is 0 Å². The molecule has 2 aromatic carbocycles. The van der Waals surface area contributed by atoms with Crippen molar-refractivity contribution in [2.75, 3.05) is 11.9 Å². The smallest absolute Gasteiger partial charge is 0.243 e. The molecule has 1 heterocycles. The zero-order valence-corrected chi connectivity index (χ0v) is 15.4. The molecule has 0 fully saturated rings. The Hall–Kier alpha value is -2.37. The number of hydrogen-bond donors (Lipinski definition) is 1. The number of nitrogens with zero attached hydrogens (tertiary/aromatic N) is 2. The van der Waals surface area contributed by atoms with Crippen LogP contribution in [0.4, 0.5) is 5.69 Å². The molecule has 2 amide bonds. The molecule has 2 aromatic rings. The lowest BCUT2D eigenvalue weighted by atomic mass is 10.1. The first-order valence-electron chi connectivity index (χ1n) is 8.21. The second-order valence-electron chi connectivity index (χ2n) is 5.85. The molecular formula is C19H17Cl2N3O2. The van der Waals surface area contributed by atoms with Gasteiger partial charge in [-0.05, 0) is 23.8 Å². The number of carbonyl (C=O) groups excluding carboxylic acids is 2. The van der Waals surface area contributed by atoms with E-state index in [1.807, 2.05) is 30.3 Å². The van der Waals surface area contributed by atoms with E-state index in [0.29, 0.717) is 28.7 Å². The van der Waals surface area contributed by atoms with Gasteiger partial charge in [0.15, 0.2) is 0 Å². The minimum absolute atomic E-state index is 0.0500. The molecule has 0 bridgehead atoms. The summed E-state index contributed by atoms with van der Waals surface area (Å²) in [5, 5.41) is 9.35. The maximum Gasteiger partial charge on any atom is 0.243 e. The van der Waals surface area contributed by atoms with Gasteiger partial charge in [0, 0.05) is 24.3 Å². The molecule has 0 unspecified atom stereocenters. The van der Waals surface area contributed by atoms with E-state index in [2.05, 4.69) is 10.4 Å². The van der Waals surface area contributed by atoms with E-state index in [1.54, 1.807) is 18.2 Å². The van der Waals surface area contributed by atoms with Gasteiger partial charge < -0.3 is 5.32 Å². The largest absolute Gasteiger partial charge is 0.325 e. The van der Waals surface area contributed by atoms with Crippen LogP contribution in [0.15, 0.2) is 53.6 Å². The lowest BCUT2D eigenvalue weighted by Gasteiger charge is -2.11. The third kappa shape index (κ3) is 4.62. The van der Waals surface area contributed by atoms with Crippen LogP contribution >= 0.6 is 23.2 Å². The maximum absolute atomic E-state index is 12.3. The van der Waals surface area contributed by atoms with Crippen LogP contribution in [0.2, 0.25) is 10.0 Å². The van der Waals surface area contributed by atoms with Gasteiger partial charge >= 0.3 is 0 Å². The summed E-state index contributed by atoms with van der Waals surface area (Å²) in [5.41, 5.74) is 2.33. The molecule has 3 rings (SSSR count). The summed E-state index contributed by atoms with van der Waals surface area (Å²) in [6.45, 7) is 0.533. The van der Waals surface area contributed by atoms with Crippen molar-refractivity contribution < 1.29 is 9.59 Å². The van der Waals surface area contributed by atoms with Gasteiger partial charge in [0.1, 0.15) is 0 Å². The Kier molecular flexibility index (Phi) is 5.91. The van der Waals surface area contributed by atoms with Gasteiger partial charge in [-0.2, -0.15) is 5.10 Å². The van der Waals surface area contributed by atoms with E-state index in [9.17, 15) is 9.59 Å². The second-order valence-corrected chi connectivity index (χ2v) is 6.70. The van der Waals surface area contributed by atoms with Gasteiger partial charge in [-0.25, -0.2) is 5.01 Å². The summed E-state index contributed by atoms with van der Waals surface area (Å²) in [6, 6.07) is 14.6. The highest BCUT2D eigenvalue weighted by atomic mass is 35.5. The van der Waals surface area contributed by atoms with Crippen LogP contribution < -0.4 is 5.32 Å².